The predicted octanol–water partition coefficient (Wildman–Crippen LogP) is 1.88. The first-order valence-corrected chi connectivity index (χ1v) is 9.21. The fourth-order valence-electron chi connectivity index (χ4n) is 2.47. The van der Waals surface area contributed by atoms with Gasteiger partial charge in [-0.2, -0.15) is 0 Å². The van der Waals surface area contributed by atoms with Gasteiger partial charge in [0.2, 0.25) is 10.0 Å². The number of benzene rings is 1. The predicted molar refractivity (Wildman–Crippen MR) is 89.6 cm³/mol. The third-order valence-electron chi connectivity index (χ3n) is 3.51. The molecule has 0 aromatic heterocycles. The van der Waals surface area contributed by atoms with Crippen LogP contribution in [0.1, 0.15) is 27.2 Å². The van der Waals surface area contributed by atoms with Gasteiger partial charge in [0.25, 0.3) is 5.69 Å². The molecule has 1 heterocycles. The monoisotopic (exact) mass is 371 g/mol. The maximum atomic E-state index is 12.5. The second kappa shape index (κ2) is 6.96. The van der Waals surface area contributed by atoms with Crippen LogP contribution in [0.4, 0.5) is 10.5 Å². The summed E-state index contributed by atoms with van der Waals surface area (Å²) in [4.78, 5) is 23.3. The molecule has 1 N–H and O–H groups in total. The SMILES string of the molecule is CC(C)(C)OC(=O)N1CC[C@H](NS(=O)(=O)c2ccccc2[N+](=O)[O-])C1. The number of nitro groups is 1. The van der Waals surface area contributed by atoms with E-state index in [1.165, 1.54) is 23.1 Å². The number of ether oxygens (including phenoxy) is 1. The smallest absolute Gasteiger partial charge is 0.410 e. The molecule has 1 aromatic rings. The van der Waals surface area contributed by atoms with Crippen molar-refractivity contribution in [3.05, 3.63) is 34.4 Å². The molecule has 1 atom stereocenters. The molecule has 1 aliphatic rings. The fraction of sp³-hybridized carbons (Fsp3) is 0.533. The Balaban J connectivity index is 2.08. The molecule has 1 aliphatic heterocycles. The van der Waals surface area contributed by atoms with Gasteiger partial charge < -0.3 is 9.64 Å². The number of sulfonamides is 1. The third kappa shape index (κ3) is 4.89. The van der Waals surface area contributed by atoms with Crippen LogP contribution in [-0.2, 0) is 14.8 Å². The van der Waals surface area contributed by atoms with Gasteiger partial charge in [0.15, 0.2) is 4.90 Å². The Hall–Kier alpha value is -2.20. The number of likely N-dealkylation sites (tertiary alicyclic amines) is 1. The molecule has 138 valence electrons. The zero-order valence-electron chi connectivity index (χ0n) is 14.3. The highest BCUT2D eigenvalue weighted by atomic mass is 32.2. The van der Waals surface area contributed by atoms with E-state index in [1.807, 2.05) is 0 Å². The van der Waals surface area contributed by atoms with Crippen LogP contribution in [-0.4, -0.2) is 49.1 Å². The molecule has 0 unspecified atom stereocenters. The number of nitro benzene ring substituents is 1. The first-order valence-electron chi connectivity index (χ1n) is 7.73. The molecule has 1 amide bonds. The van der Waals surface area contributed by atoms with E-state index in [9.17, 15) is 23.3 Å². The molecule has 0 spiro atoms. The van der Waals surface area contributed by atoms with Crippen molar-refractivity contribution < 1.29 is 22.9 Å². The summed E-state index contributed by atoms with van der Waals surface area (Å²) in [5, 5.41) is 11.0. The largest absolute Gasteiger partial charge is 0.444 e. The van der Waals surface area contributed by atoms with E-state index in [4.69, 9.17) is 4.74 Å². The summed E-state index contributed by atoms with van der Waals surface area (Å²) in [6, 6.07) is 4.61. The van der Waals surface area contributed by atoms with Crippen molar-refractivity contribution in [2.24, 2.45) is 0 Å². The molecular weight excluding hydrogens is 350 g/mol. The minimum Gasteiger partial charge on any atom is -0.444 e. The third-order valence-corrected chi connectivity index (χ3v) is 5.08. The number of nitrogens with zero attached hydrogens (tertiary/aromatic N) is 2. The zero-order chi connectivity index (χ0) is 18.8. The Bertz CT molecular complexity index is 772. The summed E-state index contributed by atoms with van der Waals surface area (Å²) in [6.07, 6.45) is -0.112. The lowest BCUT2D eigenvalue weighted by Crippen LogP contribution is -2.40. The average Bonchev–Trinajstić information content (AvgIpc) is 2.93. The van der Waals surface area contributed by atoms with Crippen LogP contribution >= 0.6 is 0 Å². The summed E-state index contributed by atoms with van der Waals surface area (Å²) >= 11 is 0. The number of nitrogens with one attached hydrogen (secondary N) is 1. The summed E-state index contributed by atoms with van der Waals surface area (Å²) < 4.78 is 32.6. The lowest BCUT2D eigenvalue weighted by Gasteiger charge is -2.24. The van der Waals surface area contributed by atoms with Gasteiger partial charge in [-0.25, -0.2) is 17.9 Å². The van der Waals surface area contributed by atoms with Crippen LogP contribution < -0.4 is 4.72 Å². The molecule has 0 bridgehead atoms. The second-order valence-electron chi connectivity index (χ2n) is 6.76. The van der Waals surface area contributed by atoms with Gasteiger partial charge in [0.05, 0.1) is 4.92 Å². The van der Waals surface area contributed by atoms with Crippen LogP contribution in [0.5, 0.6) is 0 Å². The van der Waals surface area contributed by atoms with Crippen molar-refractivity contribution in [3.63, 3.8) is 0 Å². The molecule has 1 saturated heterocycles. The normalized spacial score (nSPS) is 18.2. The quantitative estimate of drug-likeness (QED) is 0.637. The van der Waals surface area contributed by atoms with E-state index in [0.717, 1.165) is 6.07 Å². The fourth-order valence-corrected chi connectivity index (χ4v) is 3.90. The van der Waals surface area contributed by atoms with Crippen molar-refractivity contribution in [2.75, 3.05) is 13.1 Å². The maximum Gasteiger partial charge on any atom is 0.410 e. The average molecular weight is 371 g/mol. The molecule has 9 nitrogen and oxygen atoms in total. The van der Waals surface area contributed by atoms with E-state index < -0.39 is 43.3 Å². The molecule has 2 rings (SSSR count). The molecule has 0 aliphatic carbocycles. The van der Waals surface area contributed by atoms with E-state index in [0.29, 0.717) is 13.0 Å². The summed E-state index contributed by atoms with van der Waals surface area (Å²) in [5.74, 6) is 0. The molecule has 1 fully saturated rings. The van der Waals surface area contributed by atoms with E-state index in [-0.39, 0.29) is 6.54 Å². The molecule has 0 saturated carbocycles. The first kappa shape index (κ1) is 19.1. The molecular formula is C15H21N3O6S. The second-order valence-corrected chi connectivity index (χ2v) is 8.44. The van der Waals surface area contributed by atoms with Crippen LogP contribution in [0, 0.1) is 10.1 Å². The molecule has 0 radical (unpaired) electrons. The van der Waals surface area contributed by atoms with Crippen LogP contribution in [0.2, 0.25) is 0 Å². The Morgan fingerprint density at radius 2 is 2.00 bits per heavy atom. The van der Waals surface area contributed by atoms with Crippen molar-refractivity contribution in [3.8, 4) is 0 Å². The van der Waals surface area contributed by atoms with Crippen LogP contribution in [0.15, 0.2) is 29.2 Å². The van der Waals surface area contributed by atoms with Crippen molar-refractivity contribution in [2.45, 2.75) is 43.7 Å². The number of rotatable bonds is 4. The lowest BCUT2D eigenvalue weighted by atomic mass is 10.2. The highest BCUT2D eigenvalue weighted by Crippen LogP contribution is 2.24. The standard InChI is InChI=1S/C15H21N3O6S/c1-15(2,3)24-14(19)17-9-8-11(10-17)16-25(22,23)13-7-5-4-6-12(13)18(20)21/h4-7,11,16H,8-10H2,1-3H3/t11-/m0/s1. The molecule has 10 heteroatoms. The summed E-state index contributed by atoms with van der Waals surface area (Å²) in [5.41, 5.74) is -1.13. The highest BCUT2D eigenvalue weighted by Gasteiger charge is 2.34. The van der Waals surface area contributed by atoms with Gasteiger partial charge in [-0.3, -0.25) is 10.1 Å². The number of hydrogen-bond donors (Lipinski definition) is 1. The maximum absolute atomic E-state index is 12.5. The molecule has 1 aromatic carbocycles. The Morgan fingerprint density at radius 1 is 1.36 bits per heavy atom. The first-order chi connectivity index (χ1) is 11.5. The minimum atomic E-state index is -4.07. The van der Waals surface area contributed by atoms with Crippen molar-refractivity contribution in [1.29, 1.82) is 0 Å². The van der Waals surface area contributed by atoms with Gasteiger partial charge in [0, 0.05) is 25.2 Å². The van der Waals surface area contributed by atoms with E-state index in [2.05, 4.69) is 4.72 Å². The number of hydrogen-bond acceptors (Lipinski definition) is 6. The lowest BCUT2D eigenvalue weighted by molar-refractivity contribution is -0.387. The van der Waals surface area contributed by atoms with Crippen molar-refractivity contribution >= 4 is 21.8 Å². The number of para-hydroxylation sites is 1. The van der Waals surface area contributed by atoms with Gasteiger partial charge >= 0.3 is 6.09 Å². The minimum absolute atomic E-state index is 0.148. The van der Waals surface area contributed by atoms with E-state index >= 15 is 0 Å². The van der Waals surface area contributed by atoms with Gasteiger partial charge in [-0.05, 0) is 33.3 Å². The Kier molecular flexibility index (Phi) is 5.33. The number of carbonyl (C=O) groups excluding carboxylic acids is 1. The summed E-state index contributed by atoms with van der Waals surface area (Å²) in [7, 11) is -4.07. The van der Waals surface area contributed by atoms with Crippen molar-refractivity contribution in [1.82, 2.24) is 9.62 Å². The van der Waals surface area contributed by atoms with Crippen LogP contribution in [0.3, 0.4) is 0 Å². The molecule has 25 heavy (non-hydrogen) atoms. The number of carbonyl (C=O) groups is 1. The van der Waals surface area contributed by atoms with E-state index in [1.54, 1.807) is 20.8 Å². The van der Waals surface area contributed by atoms with Crippen LogP contribution in [0.25, 0.3) is 0 Å². The van der Waals surface area contributed by atoms with Gasteiger partial charge in [-0.1, -0.05) is 12.1 Å². The zero-order valence-corrected chi connectivity index (χ0v) is 15.1. The van der Waals surface area contributed by atoms with Gasteiger partial charge in [0.1, 0.15) is 5.60 Å². The number of amides is 1. The van der Waals surface area contributed by atoms with Gasteiger partial charge in [-0.15, -0.1) is 0 Å². The Morgan fingerprint density at radius 3 is 2.60 bits per heavy atom. The highest BCUT2D eigenvalue weighted by molar-refractivity contribution is 7.89. The topological polar surface area (TPSA) is 119 Å². The Labute approximate surface area is 146 Å². The summed E-state index contributed by atoms with van der Waals surface area (Å²) in [6.45, 7) is 5.73.